The molecule has 180 valence electrons. The first-order chi connectivity index (χ1) is 16.2. The minimum Gasteiger partial charge on any atom is -0.463 e. The number of aryl methyl sites for hydroxylation is 1. The molecule has 2 amide bonds. The first kappa shape index (κ1) is 25.8. The van der Waals surface area contributed by atoms with Crippen LogP contribution in [0.5, 0.6) is 0 Å². The van der Waals surface area contributed by atoms with Crippen LogP contribution in [-0.2, 0) is 25.5 Å². The van der Waals surface area contributed by atoms with E-state index in [9.17, 15) is 14.4 Å². The van der Waals surface area contributed by atoms with E-state index in [1.807, 2.05) is 37.3 Å². The van der Waals surface area contributed by atoms with Crippen LogP contribution in [-0.4, -0.2) is 42.4 Å². The van der Waals surface area contributed by atoms with E-state index in [0.717, 1.165) is 16.7 Å². The van der Waals surface area contributed by atoms with Crippen LogP contribution in [0.25, 0.3) is 0 Å². The van der Waals surface area contributed by atoms with Crippen LogP contribution in [0.3, 0.4) is 0 Å². The monoisotopic (exact) mass is 502 g/mol. The molecule has 6 nitrogen and oxygen atoms in total. The van der Waals surface area contributed by atoms with Crippen LogP contribution in [0.1, 0.15) is 42.9 Å². The highest BCUT2D eigenvalue weighted by atomic mass is 35.5. The van der Waals surface area contributed by atoms with Crippen molar-refractivity contribution in [2.75, 3.05) is 19.7 Å². The maximum absolute atomic E-state index is 13.0. The Morgan fingerprint density at radius 3 is 2.59 bits per heavy atom. The van der Waals surface area contributed by atoms with Crippen molar-refractivity contribution in [2.24, 2.45) is 0 Å². The predicted molar refractivity (Wildman–Crippen MR) is 133 cm³/mol. The van der Waals surface area contributed by atoms with E-state index in [-0.39, 0.29) is 31.4 Å². The molecule has 0 saturated heterocycles. The molecule has 0 bridgehead atoms. The van der Waals surface area contributed by atoms with Gasteiger partial charge in [-0.15, -0.1) is 0 Å². The van der Waals surface area contributed by atoms with E-state index in [1.54, 1.807) is 26.0 Å². The first-order valence-electron chi connectivity index (χ1n) is 11.2. The second kappa shape index (κ2) is 11.5. The molecule has 1 heterocycles. The molecular weight excluding hydrogens is 475 g/mol. The van der Waals surface area contributed by atoms with Crippen LogP contribution in [0.15, 0.2) is 53.7 Å². The summed E-state index contributed by atoms with van der Waals surface area (Å²) in [4.78, 5) is 39.9. The highest BCUT2D eigenvalue weighted by Gasteiger charge is 2.37. The summed E-state index contributed by atoms with van der Waals surface area (Å²) in [5.74, 6) is -1.43. The van der Waals surface area contributed by atoms with Crippen molar-refractivity contribution in [1.82, 2.24) is 10.2 Å². The molecular formula is C26H28Cl2N2O4. The Balaban J connectivity index is 1.75. The number of carbonyl (C=O) groups is 3. The zero-order chi connectivity index (χ0) is 24.8. The third-order valence-electron chi connectivity index (χ3n) is 5.80. The van der Waals surface area contributed by atoms with Gasteiger partial charge in [-0.1, -0.05) is 59.1 Å². The number of hydrogen-bond acceptors (Lipinski definition) is 4. The molecule has 34 heavy (non-hydrogen) atoms. The number of benzene rings is 2. The molecule has 0 aromatic heterocycles. The van der Waals surface area contributed by atoms with Gasteiger partial charge in [0, 0.05) is 34.6 Å². The Hall–Kier alpha value is -2.83. The number of rotatable bonds is 8. The molecule has 0 aliphatic carbocycles. The molecule has 3 rings (SSSR count). The summed E-state index contributed by atoms with van der Waals surface area (Å²) in [5, 5.41) is 3.90. The maximum atomic E-state index is 13.0. The largest absolute Gasteiger partial charge is 0.463 e. The van der Waals surface area contributed by atoms with Crippen molar-refractivity contribution in [3.8, 4) is 0 Å². The minimum absolute atomic E-state index is 0.0859. The predicted octanol–water partition coefficient (Wildman–Crippen LogP) is 4.81. The molecule has 0 fully saturated rings. The molecule has 1 aliphatic rings. The van der Waals surface area contributed by atoms with Gasteiger partial charge in [-0.25, -0.2) is 4.79 Å². The average molecular weight is 503 g/mol. The zero-order valence-electron chi connectivity index (χ0n) is 19.5. The summed E-state index contributed by atoms with van der Waals surface area (Å²) in [6.07, 6.45) is 0.608. The van der Waals surface area contributed by atoms with Gasteiger partial charge in [0.15, 0.2) is 0 Å². The molecule has 0 saturated carbocycles. The van der Waals surface area contributed by atoms with Crippen LogP contribution < -0.4 is 5.32 Å². The molecule has 2 aromatic carbocycles. The number of allylic oxidation sites excluding steroid dienone is 1. The lowest BCUT2D eigenvalue weighted by molar-refractivity contribution is -0.141. The number of nitrogens with one attached hydrogen (secondary N) is 1. The lowest BCUT2D eigenvalue weighted by Gasteiger charge is -2.34. The fourth-order valence-corrected chi connectivity index (χ4v) is 4.61. The fourth-order valence-electron chi connectivity index (χ4n) is 4.11. The normalized spacial score (nSPS) is 16.0. The molecule has 0 radical (unpaired) electrons. The number of hydrogen-bond donors (Lipinski definition) is 1. The maximum Gasteiger partial charge on any atom is 0.336 e. The smallest absolute Gasteiger partial charge is 0.336 e. The van der Waals surface area contributed by atoms with Gasteiger partial charge in [-0.2, -0.15) is 0 Å². The topological polar surface area (TPSA) is 75.7 Å². The van der Waals surface area contributed by atoms with Crippen molar-refractivity contribution in [3.05, 3.63) is 80.5 Å². The molecule has 2 aromatic rings. The van der Waals surface area contributed by atoms with Gasteiger partial charge in [0.2, 0.25) is 11.8 Å². The third kappa shape index (κ3) is 6.19. The minimum atomic E-state index is -0.471. The fraction of sp³-hybridized carbons (Fsp3) is 0.346. The van der Waals surface area contributed by atoms with Gasteiger partial charge < -0.3 is 15.0 Å². The molecule has 8 heteroatoms. The van der Waals surface area contributed by atoms with Gasteiger partial charge in [0.05, 0.1) is 12.2 Å². The summed E-state index contributed by atoms with van der Waals surface area (Å²) < 4.78 is 5.30. The highest BCUT2D eigenvalue weighted by Crippen LogP contribution is 2.37. The molecule has 1 unspecified atom stereocenters. The molecule has 1 atom stereocenters. The Morgan fingerprint density at radius 1 is 1.15 bits per heavy atom. The number of esters is 1. The second-order valence-corrected chi connectivity index (χ2v) is 9.05. The van der Waals surface area contributed by atoms with Crippen LogP contribution >= 0.6 is 23.2 Å². The summed E-state index contributed by atoms with van der Waals surface area (Å²) in [6, 6.07) is 12.9. The van der Waals surface area contributed by atoms with E-state index in [0.29, 0.717) is 34.3 Å². The Bertz CT molecular complexity index is 1130. The Kier molecular flexibility index (Phi) is 8.75. The van der Waals surface area contributed by atoms with Crippen LogP contribution in [0.2, 0.25) is 10.0 Å². The standard InChI is InChI=1S/C26H28Cl2N2O4/c1-4-34-26(33)25-17(3)30(24(32)14-21(25)19-7-5-6-16(2)12-19)15-23(31)29-11-10-18-8-9-20(27)13-22(18)28/h5-9,12-13,21H,4,10-11,14-15H2,1-3H3,(H,29,31). The highest BCUT2D eigenvalue weighted by molar-refractivity contribution is 6.35. The molecule has 1 N–H and O–H groups in total. The first-order valence-corrected chi connectivity index (χ1v) is 11.9. The van der Waals surface area contributed by atoms with Crippen LogP contribution in [0, 0.1) is 6.92 Å². The van der Waals surface area contributed by atoms with Gasteiger partial charge in [0.25, 0.3) is 0 Å². The van der Waals surface area contributed by atoms with Gasteiger partial charge in [0.1, 0.15) is 6.54 Å². The third-order valence-corrected chi connectivity index (χ3v) is 6.38. The average Bonchev–Trinajstić information content (AvgIpc) is 2.78. The number of halogens is 2. The summed E-state index contributed by atoms with van der Waals surface area (Å²) in [6.45, 7) is 5.78. The summed E-state index contributed by atoms with van der Waals surface area (Å²) >= 11 is 12.1. The van der Waals surface area contributed by atoms with E-state index < -0.39 is 11.9 Å². The van der Waals surface area contributed by atoms with E-state index in [4.69, 9.17) is 27.9 Å². The quantitative estimate of drug-likeness (QED) is 0.525. The second-order valence-electron chi connectivity index (χ2n) is 8.21. The lowest BCUT2D eigenvalue weighted by Crippen LogP contribution is -2.44. The van der Waals surface area contributed by atoms with E-state index >= 15 is 0 Å². The summed E-state index contributed by atoms with van der Waals surface area (Å²) in [5.41, 5.74) is 3.63. The van der Waals surface area contributed by atoms with Crippen molar-refractivity contribution in [1.29, 1.82) is 0 Å². The zero-order valence-corrected chi connectivity index (χ0v) is 21.0. The van der Waals surface area contributed by atoms with Gasteiger partial charge in [-0.3, -0.25) is 9.59 Å². The van der Waals surface area contributed by atoms with Crippen molar-refractivity contribution < 1.29 is 19.1 Å². The van der Waals surface area contributed by atoms with Crippen molar-refractivity contribution in [2.45, 2.75) is 39.5 Å². The number of ether oxygens (including phenoxy) is 1. The SMILES string of the molecule is CCOC(=O)C1=C(C)N(CC(=O)NCCc2ccc(Cl)cc2Cl)C(=O)CC1c1cccc(C)c1. The number of carbonyl (C=O) groups excluding carboxylic acids is 3. The van der Waals surface area contributed by atoms with E-state index in [2.05, 4.69) is 5.32 Å². The Labute approximate surface area is 209 Å². The van der Waals surface area contributed by atoms with E-state index in [1.165, 1.54) is 4.90 Å². The van der Waals surface area contributed by atoms with Crippen LogP contribution in [0.4, 0.5) is 0 Å². The van der Waals surface area contributed by atoms with Gasteiger partial charge in [-0.05, 0) is 50.5 Å². The summed E-state index contributed by atoms with van der Waals surface area (Å²) in [7, 11) is 0. The molecule has 0 spiro atoms. The Morgan fingerprint density at radius 2 is 1.91 bits per heavy atom. The van der Waals surface area contributed by atoms with Crippen molar-refractivity contribution in [3.63, 3.8) is 0 Å². The molecule has 1 aliphatic heterocycles. The van der Waals surface area contributed by atoms with Crippen molar-refractivity contribution >= 4 is 41.0 Å². The van der Waals surface area contributed by atoms with Gasteiger partial charge >= 0.3 is 5.97 Å². The number of amides is 2. The number of nitrogens with zero attached hydrogens (tertiary/aromatic N) is 1. The lowest BCUT2D eigenvalue weighted by atomic mass is 9.83.